The molecule has 8 heteroatoms. The van der Waals surface area contributed by atoms with E-state index >= 15 is 0 Å². The molecule has 0 radical (unpaired) electrons. The Morgan fingerprint density at radius 1 is 1.21 bits per heavy atom. The van der Waals surface area contributed by atoms with Crippen molar-refractivity contribution in [2.75, 3.05) is 26.2 Å². The third-order valence-corrected chi connectivity index (χ3v) is 4.78. The van der Waals surface area contributed by atoms with Gasteiger partial charge in [0.25, 0.3) is 0 Å². The first-order chi connectivity index (χ1) is 11.4. The zero-order valence-electron chi connectivity index (χ0n) is 12.7. The predicted octanol–water partition coefficient (Wildman–Crippen LogP) is 3.35. The number of benzene rings is 1. The molecule has 0 spiro atoms. The maximum atomic E-state index is 12.5. The normalized spacial score (nSPS) is 17.6. The molecule has 1 saturated heterocycles. The summed E-state index contributed by atoms with van der Waals surface area (Å²) >= 11 is 1.51. The molecule has 1 aromatic carbocycles. The molecule has 130 valence electrons. The molecule has 1 atom stereocenters. The van der Waals surface area contributed by atoms with E-state index in [1.807, 2.05) is 17.5 Å². The van der Waals surface area contributed by atoms with Crippen LogP contribution < -0.4 is 10.1 Å². The Labute approximate surface area is 141 Å². The highest BCUT2D eigenvalue weighted by atomic mass is 32.1. The molecule has 1 aromatic heterocycles. The highest BCUT2D eigenvalue weighted by molar-refractivity contribution is 7.10. The van der Waals surface area contributed by atoms with Gasteiger partial charge in [-0.3, -0.25) is 4.90 Å². The summed E-state index contributed by atoms with van der Waals surface area (Å²) in [6.07, 6.45) is -4.76. The van der Waals surface area contributed by atoms with Gasteiger partial charge in [0.1, 0.15) is 11.5 Å². The number of ether oxygens (including phenoxy) is 1. The highest BCUT2D eigenvalue weighted by Gasteiger charge is 2.32. The summed E-state index contributed by atoms with van der Waals surface area (Å²) in [4.78, 5) is 3.12. The second-order valence-electron chi connectivity index (χ2n) is 5.47. The Kier molecular flexibility index (Phi) is 4.98. The number of phenols is 1. The minimum atomic E-state index is -4.76. The fourth-order valence-electron chi connectivity index (χ4n) is 2.87. The van der Waals surface area contributed by atoms with Crippen LogP contribution in [-0.4, -0.2) is 42.5 Å². The lowest BCUT2D eigenvalue weighted by Gasteiger charge is -2.35. The molecule has 2 heterocycles. The van der Waals surface area contributed by atoms with Crippen LogP contribution in [0, 0.1) is 0 Å². The number of alkyl halides is 3. The zero-order valence-corrected chi connectivity index (χ0v) is 13.5. The maximum absolute atomic E-state index is 12.5. The van der Waals surface area contributed by atoms with Crippen LogP contribution in [0.25, 0.3) is 0 Å². The average molecular weight is 358 g/mol. The van der Waals surface area contributed by atoms with E-state index in [-0.39, 0.29) is 17.5 Å². The van der Waals surface area contributed by atoms with Crippen LogP contribution in [0.3, 0.4) is 0 Å². The van der Waals surface area contributed by atoms with Crippen molar-refractivity contribution in [1.29, 1.82) is 0 Å². The molecule has 0 saturated carbocycles. The van der Waals surface area contributed by atoms with Crippen molar-refractivity contribution >= 4 is 11.3 Å². The minimum absolute atomic E-state index is 0.0403. The number of piperazine rings is 1. The number of nitrogens with zero attached hydrogens (tertiary/aromatic N) is 1. The fourth-order valence-corrected chi connectivity index (χ4v) is 3.74. The second kappa shape index (κ2) is 7.00. The van der Waals surface area contributed by atoms with Gasteiger partial charge in [0, 0.05) is 36.6 Å². The summed E-state index contributed by atoms with van der Waals surface area (Å²) in [6, 6.07) is 7.16. The van der Waals surface area contributed by atoms with E-state index in [9.17, 15) is 18.3 Å². The van der Waals surface area contributed by atoms with E-state index < -0.39 is 6.36 Å². The van der Waals surface area contributed by atoms with Crippen LogP contribution in [0.4, 0.5) is 13.2 Å². The number of hydrogen-bond donors (Lipinski definition) is 2. The van der Waals surface area contributed by atoms with Gasteiger partial charge in [-0.05, 0) is 29.6 Å². The van der Waals surface area contributed by atoms with E-state index in [1.54, 1.807) is 0 Å². The molecule has 1 fully saturated rings. The van der Waals surface area contributed by atoms with Gasteiger partial charge < -0.3 is 15.2 Å². The molecule has 0 unspecified atom stereocenters. The van der Waals surface area contributed by atoms with E-state index in [0.717, 1.165) is 37.1 Å². The van der Waals surface area contributed by atoms with Crippen molar-refractivity contribution in [2.45, 2.75) is 12.4 Å². The first-order valence-corrected chi connectivity index (χ1v) is 8.39. The molecule has 4 nitrogen and oxygen atoms in total. The molecule has 0 aliphatic carbocycles. The van der Waals surface area contributed by atoms with Crippen molar-refractivity contribution in [3.63, 3.8) is 0 Å². The van der Waals surface area contributed by atoms with Gasteiger partial charge in [0.2, 0.25) is 0 Å². The third kappa shape index (κ3) is 4.00. The van der Waals surface area contributed by atoms with Crippen LogP contribution in [0.2, 0.25) is 0 Å². The number of nitrogens with one attached hydrogen (secondary N) is 1. The van der Waals surface area contributed by atoms with Gasteiger partial charge in [-0.1, -0.05) is 6.07 Å². The second-order valence-corrected chi connectivity index (χ2v) is 6.45. The Bertz CT molecular complexity index is 670. The molecule has 3 rings (SSSR count). The summed E-state index contributed by atoms with van der Waals surface area (Å²) in [5.74, 6) is -0.367. The SMILES string of the molecule is Oc1ccc(OC(F)(F)F)cc1[C@@H](c1cccs1)N1CCNCC1. The lowest BCUT2D eigenvalue weighted by Crippen LogP contribution is -2.45. The number of rotatable bonds is 4. The van der Waals surface area contributed by atoms with Gasteiger partial charge in [-0.25, -0.2) is 0 Å². The molecule has 2 aromatic rings. The molecule has 1 aliphatic rings. The molecule has 2 N–H and O–H groups in total. The zero-order chi connectivity index (χ0) is 17.2. The smallest absolute Gasteiger partial charge is 0.508 e. The Morgan fingerprint density at radius 3 is 2.58 bits per heavy atom. The Morgan fingerprint density at radius 2 is 1.96 bits per heavy atom. The van der Waals surface area contributed by atoms with Crippen molar-refractivity contribution in [3.8, 4) is 11.5 Å². The highest BCUT2D eigenvalue weighted by Crippen LogP contribution is 2.39. The van der Waals surface area contributed by atoms with E-state index in [2.05, 4.69) is 15.0 Å². The molecule has 0 bridgehead atoms. The van der Waals surface area contributed by atoms with Crippen molar-refractivity contribution < 1.29 is 23.0 Å². The van der Waals surface area contributed by atoms with E-state index in [4.69, 9.17) is 0 Å². The van der Waals surface area contributed by atoms with Crippen LogP contribution in [0.15, 0.2) is 35.7 Å². The monoisotopic (exact) mass is 358 g/mol. The van der Waals surface area contributed by atoms with Crippen molar-refractivity contribution in [2.24, 2.45) is 0 Å². The largest absolute Gasteiger partial charge is 0.573 e. The summed E-state index contributed by atoms with van der Waals surface area (Å²) in [6.45, 7) is 3.07. The standard InChI is InChI=1S/C16H17F3N2O2S/c17-16(18,19)23-11-3-4-13(22)12(10-11)15(14-2-1-9-24-14)21-7-5-20-6-8-21/h1-4,9-10,15,20,22H,5-8H2/t15-/m0/s1. The van der Waals surface area contributed by atoms with Gasteiger partial charge >= 0.3 is 6.36 Å². The predicted molar refractivity (Wildman–Crippen MR) is 85.4 cm³/mol. The van der Waals surface area contributed by atoms with E-state index in [1.165, 1.54) is 23.5 Å². The Balaban J connectivity index is 1.99. The third-order valence-electron chi connectivity index (χ3n) is 3.86. The summed E-state index contributed by atoms with van der Waals surface area (Å²) in [5.41, 5.74) is 0.418. The van der Waals surface area contributed by atoms with Crippen LogP contribution in [0.5, 0.6) is 11.5 Å². The lowest BCUT2D eigenvalue weighted by atomic mass is 10.0. The van der Waals surface area contributed by atoms with Gasteiger partial charge in [0.15, 0.2) is 0 Å². The Hall–Kier alpha value is -1.77. The topological polar surface area (TPSA) is 44.7 Å². The summed E-state index contributed by atoms with van der Waals surface area (Å²) in [5, 5.41) is 15.4. The van der Waals surface area contributed by atoms with Crippen molar-refractivity contribution in [1.82, 2.24) is 10.2 Å². The number of phenolic OH excluding ortho intramolecular Hbond substituents is 1. The van der Waals surface area contributed by atoms with Gasteiger partial charge in [0.05, 0.1) is 6.04 Å². The number of thiophene rings is 1. The van der Waals surface area contributed by atoms with Gasteiger partial charge in [-0.15, -0.1) is 24.5 Å². The summed E-state index contributed by atoms with van der Waals surface area (Å²) < 4.78 is 41.5. The lowest BCUT2D eigenvalue weighted by molar-refractivity contribution is -0.274. The van der Waals surface area contributed by atoms with Crippen LogP contribution in [-0.2, 0) is 0 Å². The van der Waals surface area contributed by atoms with Crippen LogP contribution in [0.1, 0.15) is 16.5 Å². The number of aromatic hydroxyl groups is 1. The molecular weight excluding hydrogens is 341 g/mol. The van der Waals surface area contributed by atoms with Gasteiger partial charge in [-0.2, -0.15) is 0 Å². The molecule has 1 aliphatic heterocycles. The quantitative estimate of drug-likeness (QED) is 0.880. The molecule has 0 amide bonds. The maximum Gasteiger partial charge on any atom is 0.573 e. The van der Waals surface area contributed by atoms with E-state index in [0.29, 0.717) is 5.56 Å². The molecular formula is C16H17F3N2O2S. The number of hydrogen-bond acceptors (Lipinski definition) is 5. The number of halogens is 3. The minimum Gasteiger partial charge on any atom is -0.508 e. The van der Waals surface area contributed by atoms with Crippen molar-refractivity contribution in [3.05, 3.63) is 46.2 Å². The first kappa shape index (κ1) is 17.1. The first-order valence-electron chi connectivity index (χ1n) is 7.51. The fraction of sp³-hybridized carbons (Fsp3) is 0.375. The summed E-state index contributed by atoms with van der Waals surface area (Å²) in [7, 11) is 0. The molecule has 24 heavy (non-hydrogen) atoms. The van der Waals surface area contributed by atoms with Crippen LogP contribution >= 0.6 is 11.3 Å². The average Bonchev–Trinajstić information content (AvgIpc) is 3.04.